The van der Waals surface area contributed by atoms with Gasteiger partial charge >= 0.3 is 6.03 Å². The van der Waals surface area contributed by atoms with Gasteiger partial charge in [-0.15, -0.1) is 0 Å². The largest absolute Gasteiger partial charge is 0.454 e. The number of aryl methyl sites for hydroxylation is 2. The first-order valence-electron chi connectivity index (χ1n) is 11.1. The van der Waals surface area contributed by atoms with Crippen LogP contribution in [0.1, 0.15) is 29.4 Å². The van der Waals surface area contributed by atoms with Crippen LogP contribution in [-0.4, -0.2) is 45.9 Å². The first-order valence-corrected chi connectivity index (χ1v) is 11.1. The number of urea groups is 1. The van der Waals surface area contributed by atoms with E-state index in [4.69, 9.17) is 9.47 Å². The van der Waals surface area contributed by atoms with E-state index in [1.54, 1.807) is 36.7 Å². The highest BCUT2D eigenvalue weighted by molar-refractivity contribution is 6.10. The second-order valence-corrected chi connectivity index (χ2v) is 8.86. The highest BCUT2D eigenvalue weighted by Crippen LogP contribution is 2.37. The molecule has 5 rings (SSSR count). The van der Waals surface area contributed by atoms with Crippen LogP contribution in [0, 0.1) is 20.8 Å². The second kappa shape index (κ2) is 8.15. The Balaban J connectivity index is 1.33. The predicted octanol–water partition coefficient (Wildman–Crippen LogP) is 2.93. The lowest BCUT2D eigenvalue weighted by atomic mass is 9.91. The SMILES string of the molecule is Cc1ccc(-n2nc(C)c(NC(=O)CN3C(=O)N[C@](C)(c4ccc5c(c4)OCO5)C3=O)c2C)cc1. The molecule has 2 aromatic carbocycles. The van der Waals surface area contributed by atoms with Crippen LogP contribution in [-0.2, 0) is 15.1 Å². The molecule has 3 aromatic rings. The van der Waals surface area contributed by atoms with E-state index >= 15 is 0 Å². The summed E-state index contributed by atoms with van der Waals surface area (Å²) in [5, 5.41) is 10.1. The Labute approximate surface area is 201 Å². The van der Waals surface area contributed by atoms with Crippen LogP contribution >= 0.6 is 0 Å². The fourth-order valence-corrected chi connectivity index (χ4v) is 4.33. The van der Waals surface area contributed by atoms with Crippen molar-refractivity contribution >= 4 is 23.5 Å². The molecule has 10 nitrogen and oxygen atoms in total. The zero-order valence-electron chi connectivity index (χ0n) is 19.8. The van der Waals surface area contributed by atoms with Crippen LogP contribution in [0.3, 0.4) is 0 Å². The van der Waals surface area contributed by atoms with Crippen molar-refractivity contribution in [2.75, 3.05) is 18.7 Å². The Morgan fingerprint density at radius 2 is 1.80 bits per heavy atom. The highest BCUT2D eigenvalue weighted by Gasteiger charge is 2.50. The summed E-state index contributed by atoms with van der Waals surface area (Å²) in [6, 6.07) is 12.3. The Hall–Kier alpha value is -4.34. The van der Waals surface area contributed by atoms with Crippen LogP contribution in [0.5, 0.6) is 11.5 Å². The maximum absolute atomic E-state index is 13.3. The molecule has 2 aliphatic rings. The number of hydrogen-bond acceptors (Lipinski definition) is 6. The minimum absolute atomic E-state index is 0.0986. The van der Waals surface area contributed by atoms with Gasteiger partial charge in [-0.1, -0.05) is 23.8 Å². The average molecular weight is 476 g/mol. The van der Waals surface area contributed by atoms with Crippen LogP contribution < -0.4 is 20.1 Å². The number of imide groups is 1. The van der Waals surface area contributed by atoms with Gasteiger partial charge in [-0.2, -0.15) is 5.10 Å². The molecule has 1 saturated heterocycles. The monoisotopic (exact) mass is 475 g/mol. The molecule has 3 heterocycles. The highest BCUT2D eigenvalue weighted by atomic mass is 16.7. The number of fused-ring (bicyclic) bond motifs is 1. The van der Waals surface area contributed by atoms with Gasteiger partial charge in [-0.25, -0.2) is 9.48 Å². The van der Waals surface area contributed by atoms with Gasteiger partial charge in [-0.05, 0) is 57.5 Å². The number of aromatic nitrogens is 2. The zero-order valence-corrected chi connectivity index (χ0v) is 19.8. The summed E-state index contributed by atoms with van der Waals surface area (Å²) in [5.74, 6) is 0.0409. The van der Waals surface area contributed by atoms with Gasteiger partial charge in [0.05, 0.1) is 22.8 Å². The lowest BCUT2D eigenvalue weighted by Gasteiger charge is -2.22. The molecule has 1 fully saturated rings. The third-order valence-electron chi connectivity index (χ3n) is 6.36. The van der Waals surface area contributed by atoms with Crippen LogP contribution in [0.15, 0.2) is 42.5 Å². The third-order valence-corrected chi connectivity index (χ3v) is 6.36. The molecule has 0 aliphatic carbocycles. The molecule has 2 N–H and O–H groups in total. The number of hydrogen-bond donors (Lipinski definition) is 2. The summed E-state index contributed by atoms with van der Waals surface area (Å²) in [7, 11) is 0. The van der Waals surface area contributed by atoms with Crippen molar-refractivity contribution in [1.82, 2.24) is 20.0 Å². The van der Waals surface area contributed by atoms with Gasteiger partial charge in [-0.3, -0.25) is 14.5 Å². The molecule has 0 spiro atoms. The number of anilines is 1. The molecule has 0 unspecified atom stereocenters. The normalized spacial score (nSPS) is 18.7. The molecular formula is C25H25N5O5. The fraction of sp³-hybridized carbons (Fsp3) is 0.280. The maximum Gasteiger partial charge on any atom is 0.325 e. The van der Waals surface area contributed by atoms with E-state index in [-0.39, 0.29) is 6.79 Å². The smallest absolute Gasteiger partial charge is 0.325 e. The summed E-state index contributed by atoms with van der Waals surface area (Å²) >= 11 is 0. The lowest BCUT2D eigenvalue weighted by molar-refractivity contribution is -0.133. The van der Waals surface area contributed by atoms with Crippen LogP contribution in [0.4, 0.5) is 10.5 Å². The summed E-state index contributed by atoms with van der Waals surface area (Å²) in [6.07, 6.45) is 0. The molecule has 10 heteroatoms. The average Bonchev–Trinajstić information content (AvgIpc) is 3.47. The van der Waals surface area contributed by atoms with Gasteiger partial charge < -0.3 is 20.1 Å². The number of benzene rings is 2. The first-order chi connectivity index (χ1) is 16.7. The molecule has 0 saturated carbocycles. The number of rotatable bonds is 5. The standard InChI is InChI=1S/C25H25N5O5/c1-14-5-8-18(9-6-14)30-16(3)22(15(2)28-30)26-21(31)12-29-23(32)25(4,27-24(29)33)17-7-10-19-20(11-17)35-13-34-19/h5-11H,12-13H2,1-4H3,(H,26,31)(H,27,33)/t25-/m1/s1. The van der Waals surface area contributed by atoms with Gasteiger partial charge in [0.15, 0.2) is 11.5 Å². The molecule has 2 aliphatic heterocycles. The molecule has 1 atom stereocenters. The number of nitrogens with zero attached hydrogens (tertiary/aromatic N) is 3. The molecule has 0 radical (unpaired) electrons. The molecule has 4 amide bonds. The molecular weight excluding hydrogens is 450 g/mol. The van der Waals surface area contributed by atoms with Crippen molar-refractivity contribution in [2.45, 2.75) is 33.2 Å². The first kappa shape index (κ1) is 22.5. The summed E-state index contributed by atoms with van der Waals surface area (Å²) in [5.41, 5.74) is 3.10. The number of ether oxygens (including phenoxy) is 2. The predicted molar refractivity (Wildman–Crippen MR) is 127 cm³/mol. The van der Waals surface area contributed by atoms with Gasteiger partial charge in [0.25, 0.3) is 5.91 Å². The van der Waals surface area contributed by atoms with E-state index in [1.807, 2.05) is 38.1 Å². The van der Waals surface area contributed by atoms with Crippen LogP contribution in [0.25, 0.3) is 5.69 Å². The summed E-state index contributed by atoms with van der Waals surface area (Å²) in [6.45, 7) is 6.91. The Kier molecular flexibility index (Phi) is 5.23. The quantitative estimate of drug-likeness (QED) is 0.549. The van der Waals surface area contributed by atoms with Crippen molar-refractivity contribution in [1.29, 1.82) is 0 Å². The summed E-state index contributed by atoms with van der Waals surface area (Å²) in [4.78, 5) is 39.7. The molecule has 1 aromatic heterocycles. The van der Waals surface area contributed by atoms with E-state index in [2.05, 4.69) is 15.7 Å². The maximum atomic E-state index is 13.3. The summed E-state index contributed by atoms with van der Waals surface area (Å²) < 4.78 is 12.5. The van der Waals surface area contributed by atoms with E-state index in [9.17, 15) is 14.4 Å². The number of carbonyl (C=O) groups excluding carboxylic acids is 3. The van der Waals surface area contributed by atoms with Gasteiger partial charge in [0, 0.05) is 0 Å². The van der Waals surface area contributed by atoms with E-state index in [1.165, 1.54) is 0 Å². The number of amides is 4. The lowest BCUT2D eigenvalue weighted by Crippen LogP contribution is -2.42. The minimum Gasteiger partial charge on any atom is -0.454 e. The van der Waals surface area contributed by atoms with Crippen LogP contribution in [0.2, 0.25) is 0 Å². The number of carbonyl (C=O) groups is 3. The van der Waals surface area contributed by atoms with Gasteiger partial charge in [0.2, 0.25) is 12.7 Å². The van der Waals surface area contributed by atoms with Crippen molar-refractivity contribution in [2.24, 2.45) is 0 Å². The van der Waals surface area contributed by atoms with Crippen molar-refractivity contribution in [3.8, 4) is 17.2 Å². The van der Waals surface area contributed by atoms with Crippen molar-refractivity contribution in [3.05, 3.63) is 65.0 Å². The van der Waals surface area contributed by atoms with E-state index in [0.29, 0.717) is 28.4 Å². The molecule has 0 bridgehead atoms. The minimum atomic E-state index is -1.33. The fourth-order valence-electron chi connectivity index (χ4n) is 4.33. The van der Waals surface area contributed by atoms with Gasteiger partial charge in [0.1, 0.15) is 12.1 Å². The molecule has 35 heavy (non-hydrogen) atoms. The number of nitrogens with one attached hydrogen (secondary N) is 2. The molecule has 180 valence electrons. The Morgan fingerprint density at radius 1 is 1.09 bits per heavy atom. The third kappa shape index (κ3) is 3.76. The van der Waals surface area contributed by atoms with Crippen molar-refractivity contribution in [3.63, 3.8) is 0 Å². The Morgan fingerprint density at radius 3 is 2.54 bits per heavy atom. The zero-order chi connectivity index (χ0) is 24.9. The topological polar surface area (TPSA) is 115 Å². The van der Waals surface area contributed by atoms with E-state index < -0.39 is 29.9 Å². The Bertz CT molecular complexity index is 1360. The van der Waals surface area contributed by atoms with Crippen molar-refractivity contribution < 1.29 is 23.9 Å². The van der Waals surface area contributed by atoms with E-state index in [0.717, 1.165) is 21.8 Å². The second-order valence-electron chi connectivity index (χ2n) is 8.86.